The number of aromatic nitrogens is 1. The molecule has 0 atom stereocenters. The van der Waals surface area contributed by atoms with Crippen molar-refractivity contribution in [3.05, 3.63) is 113 Å². The summed E-state index contributed by atoms with van der Waals surface area (Å²) in [6, 6.07) is 22.8. The Balaban J connectivity index is 1.73. The molecule has 5 heteroatoms. The van der Waals surface area contributed by atoms with Gasteiger partial charge in [0.15, 0.2) is 0 Å². The minimum Gasteiger partial charge on any atom is -0.391 e. The highest BCUT2D eigenvalue weighted by molar-refractivity contribution is 6.01. The van der Waals surface area contributed by atoms with E-state index in [4.69, 9.17) is 4.84 Å². The number of hydrogen-bond acceptors (Lipinski definition) is 2. The summed E-state index contributed by atoms with van der Waals surface area (Å²) in [7, 11) is 0. The van der Waals surface area contributed by atoms with Gasteiger partial charge in [0.1, 0.15) is 18.2 Å². The van der Waals surface area contributed by atoms with Crippen LogP contribution in [0.3, 0.4) is 0 Å². The molecule has 4 rings (SSSR count). The van der Waals surface area contributed by atoms with E-state index >= 15 is 0 Å². The molecule has 32 heavy (non-hydrogen) atoms. The molecule has 0 aliphatic rings. The zero-order valence-corrected chi connectivity index (χ0v) is 18.3. The van der Waals surface area contributed by atoms with Gasteiger partial charge >= 0.3 is 0 Å². The van der Waals surface area contributed by atoms with E-state index in [2.05, 4.69) is 11.2 Å². The van der Waals surface area contributed by atoms with Crippen molar-refractivity contribution in [1.29, 1.82) is 0 Å². The van der Waals surface area contributed by atoms with Crippen LogP contribution < -0.4 is 0 Å². The predicted molar refractivity (Wildman–Crippen MR) is 124 cm³/mol. The van der Waals surface area contributed by atoms with Crippen LogP contribution in [-0.2, 0) is 11.4 Å². The molecule has 0 saturated carbocycles. The average molecular weight is 430 g/mol. The van der Waals surface area contributed by atoms with E-state index in [1.807, 2.05) is 49.6 Å². The number of hydrogen-bond donors (Lipinski definition) is 0. The highest BCUT2D eigenvalue weighted by Gasteiger charge is 2.19. The van der Waals surface area contributed by atoms with Crippen LogP contribution in [0.4, 0.5) is 8.78 Å². The fraction of sp³-hybridized carbons (Fsp3) is 0.148. The quantitative estimate of drug-likeness (QED) is 0.239. The standard InChI is InChI=1S/C27H24F2N2O/c1-18-7-6-8-21(15-18)17-32-30-19(2)24-16-27(22-11-13-23(28)14-12-22)31(20(24)3)26-10-5-4-9-25(26)29/h4-16H,17H2,1-3H3/b30-19-. The van der Waals surface area contributed by atoms with E-state index in [0.717, 1.165) is 33.6 Å². The molecular weight excluding hydrogens is 406 g/mol. The third-order valence-corrected chi connectivity index (χ3v) is 5.39. The normalized spacial score (nSPS) is 11.6. The molecule has 0 N–H and O–H groups in total. The number of aryl methyl sites for hydroxylation is 1. The Bertz CT molecular complexity index is 1270. The number of nitrogens with zero attached hydrogens (tertiary/aromatic N) is 2. The van der Waals surface area contributed by atoms with E-state index in [9.17, 15) is 8.78 Å². The number of oxime groups is 1. The fourth-order valence-electron chi connectivity index (χ4n) is 3.80. The van der Waals surface area contributed by atoms with Crippen LogP contribution >= 0.6 is 0 Å². The lowest BCUT2D eigenvalue weighted by Gasteiger charge is -2.13. The summed E-state index contributed by atoms with van der Waals surface area (Å²) < 4.78 is 30.0. The second-order valence-corrected chi connectivity index (χ2v) is 7.76. The lowest BCUT2D eigenvalue weighted by molar-refractivity contribution is 0.130. The first kappa shape index (κ1) is 21.5. The van der Waals surface area contributed by atoms with Gasteiger partial charge in [0.25, 0.3) is 0 Å². The van der Waals surface area contributed by atoms with Gasteiger partial charge in [-0.25, -0.2) is 8.78 Å². The van der Waals surface area contributed by atoms with E-state index in [-0.39, 0.29) is 11.6 Å². The van der Waals surface area contributed by atoms with Crippen LogP contribution in [0, 0.1) is 25.5 Å². The second kappa shape index (κ2) is 9.18. The molecule has 0 aliphatic carbocycles. The van der Waals surface area contributed by atoms with Gasteiger partial charge in [-0.2, -0.15) is 0 Å². The van der Waals surface area contributed by atoms with Crippen molar-refractivity contribution in [2.24, 2.45) is 5.16 Å². The maximum atomic E-state index is 14.7. The van der Waals surface area contributed by atoms with Gasteiger partial charge in [-0.1, -0.05) is 47.1 Å². The molecule has 0 aliphatic heterocycles. The summed E-state index contributed by atoms with van der Waals surface area (Å²) in [5.41, 5.74) is 6.46. The lowest BCUT2D eigenvalue weighted by atomic mass is 10.1. The first-order valence-electron chi connectivity index (χ1n) is 10.4. The molecule has 3 aromatic carbocycles. The van der Waals surface area contributed by atoms with Gasteiger partial charge in [-0.3, -0.25) is 0 Å². The number of benzene rings is 3. The zero-order chi connectivity index (χ0) is 22.7. The van der Waals surface area contributed by atoms with Gasteiger partial charge in [0.2, 0.25) is 0 Å². The molecule has 3 nitrogen and oxygen atoms in total. The minimum absolute atomic E-state index is 0.322. The molecule has 0 amide bonds. The van der Waals surface area contributed by atoms with Crippen molar-refractivity contribution in [2.75, 3.05) is 0 Å². The zero-order valence-electron chi connectivity index (χ0n) is 18.3. The topological polar surface area (TPSA) is 26.5 Å². The van der Waals surface area contributed by atoms with Crippen molar-refractivity contribution < 1.29 is 13.6 Å². The molecule has 0 unspecified atom stereocenters. The van der Waals surface area contributed by atoms with Crippen molar-refractivity contribution in [3.8, 4) is 16.9 Å². The number of rotatable bonds is 6. The van der Waals surface area contributed by atoms with Gasteiger partial charge in [-0.15, -0.1) is 0 Å². The van der Waals surface area contributed by atoms with Crippen molar-refractivity contribution in [2.45, 2.75) is 27.4 Å². The van der Waals surface area contributed by atoms with Gasteiger partial charge in [0.05, 0.1) is 17.1 Å². The van der Waals surface area contributed by atoms with Gasteiger partial charge < -0.3 is 9.40 Å². The third kappa shape index (κ3) is 4.47. The van der Waals surface area contributed by atoms with Crippen molar-refractivity contribution in [3.63, 3.8) is 0 Å². The maximum absolute atomic E-state index is 14.7. The average Bonchev–Trinajstić information content (AvgIpc) is 3.11. The van der Waals surface area contributed by atoms with Crippen LogP contribution in [0.1, 0.15) is 29.3 Å². The monoisotopic (exact) mass is 430 g/mol. The molecule has 0 spiro atoms. The Hall–Kier alpha value is -3.73. The fourth-order valence-corrected chi connectivity index (χ4v) is 3.80. The second-order valence-electron chi connectivity index (χ2n) is 7.76. The van der Waals surface area contributed by atoms with E-state index < -0.39 is 0 Å². The number of para-hydroxylation sites is 1. The molecule has 1 heterocycles. The van der Waals surface area contributed by atoms with E-state index in [1.54, 1.807) is 30.3 Å². The van der Waals surface area contributed by atoms with Crippen molar-refractivity contribution >= 4 is 5.71 Å². The van der Waals surface area contributed by atoms with E-state index in [0.29, 0.717) is 18.0 Å². The molecule has 1 aromatic heterocycles. The summed E-state index contributed by atoms with van der Waals surface area (Å²) in [5, 5.41) is 4.31. The minimum atomic E-state index is -0.341. The Morgan fingerprint density at radius 3 is 2.38 bits per heavy atom. The van der Waals surface area contributed by atoms with Crippen LogP contribution in [-0.4, -0.2) is 10.3 Å². The van der Waals surface area contributed by atoms with Gasteiger partial charge in [-0.05, 0) is 74.4 Å². The van der Waals surface area contributed by atoms with Crippen molar-refractivity contribution in [1.82, 2.24) is 4.57 Å². The Kier molecular flexibility index (Phi) is 6.17. The third-order valence-electron chi connectivity index (χ3n) is 5.39. The molecule has 0 saturated heterocycles. The Morgan fingerprint density at radius 1 is 0.906 bits per heavy atom. The molecule has 0 fully saturated rings. The van der Waals surface area contributed by atoms with Crippen LogP contribution in [0.5, 0.6) is 0 Å². The van der Waals surface area contributed by atoms with Crippen LogP contribution in [0.2, 0.25) is 0 Å². The molecule has 0 bridgehead atoms. The smallest absolute Gasteiger partial charge is 0.147 e. The Labute approximate surface area is 186 Å². The summed E-state index contributed by atoms with van der Waals surface area (Å²) in [6.45, 7) is 6.16. The highest BCUT2D eigenvalue weighted by Crippen LogP contribution is 2.31. The predicted octanol–water partition coefficient (Wildman–Crippen LogP) is 6.98. The first-order chi connectivity index (χ1) is 15.4. The highest BCUT2D eigenvalue weighted by atomic mass is 19.1. The summed E-state index contributed by atoms with van der Waals surface area (Å²) in [5.74, 6) is -0.664. The molecular formula is C27H24F2N2O. The molecule has 0 radical (unpaired) electrons. The lowest BCUT2D eigenvalue weighted by Crippen LogP contribution is -2.04. The molecule has 162 valence electrons. The van der Waals surface area contributed by atoms with Gasteiger partial charge in [0, 0.05) is 11.3 Å². The Morgan fingerprint density at radius 2 is 1.66 bits per heavy atom. The maximum Gasteiger partial charge on any atom is 0.147 e. The largest absolute Gasteiger partial charge is 0.391 e. The molecule has 4 aromatic rings. The summed E-state index contributed by atoms with van der Waals surface area (Å²) in [4.78, 5) is 5.60. The SMILES string of the molecule is C/C(=N/OCc1cccc(C)c1)c1cc(-c2ccc(F)cc2)n(-c2ccccc2F)c1C. The number of halogens is 2. The van der Waals surface area contributed by atoms with Crippen LogP contribution in [0.15, 0.2) is 84.0 Å². The first-order valence-corrected chi connectivity index (χ1v) is 10.4. The van der Waals surface area contributed by atoms with Crippen LogP contribution in [0.25, 0.3) is 16.9 Å². The summed E-state index contributed by atoms with van der Waals surface area (Å²) >= 11 is 0. The summed E-state index contributed by atoms with van der Waals surface area (Å²) in [6.07, 6.45) is 0. The van der Waals surface area contributed by atoms with E-state index in [1.165, 1.54) is 18.2 Å².